The molecule has 0 saturated carbocycles. The number of hydrogen-bond acceptors (Lipinski definition) is 1. The predicted molar refractivity (Wildman–Crippen MR) is 50.1 cm³/mol. The van der Waals surface area contributed by atoms with E-state index < -0.39 is 0 Å². The summed E-state index contributed by atoms with van der Waals surface area (Å²) in [6, 6.07) is 8.24. The molecule has 0 unspecified atom stereocenters. The van der Waals surface area contributed by atoms with Gasteiger partial charge < -0.3 is 0 Å². The number of nitrogens with zero attached hydrogens (tertiary/aromatic N) is 2. The lowest BCUT2D eigenvalue weighted by molar-refractivity contribution is 0.647. The largest absolute Gasteiger partial charge is 0.269 e. The number of fused-ring (bicyclic) bond motifs is 1. The summed E-state index contributed by atoms with van der Waals surface area (Å²) in [7, 11) is 0. The van der Waals surface area contributed by atoms with Crippen molar-refractivity contribution in [2.75, 3.05) is 0 Å². The maximum absolute atomic E-state index is 4.45. The van der Waals surface area contributed by atoms with E-state index in [-0.39, 0.29) is 0 Å². The normalized spacial score (nSPS) is 10.8. The van der Waals surface area contributed by atoms with Crippen LogP contribution >= 0.6 is 0 Å². The molecule has 0 radical (unpaired) electrons. The highest BCUT2D eigenvalue weighted by atomic mass is 15.3. The van der Waals surface area contributed by atoms with Gasteiger partial charge in [0.25, 0.3) is 0 Å². The predicted octanol–water partition coefficient (Wildman–Crippen LogP) is 2.36. The van der Waals surface area contributed by atoms with Crippen molar-refractivity contribution in [1.82, 2.24) is 9.78 Å². The topological polar surface area (TPSA) is 17.8 Å². The molecule has 2 heteroatoms. The first kappa shape index (κ1) is 7.35. The minimum absolute atomic E-state index is 0.945. The molecule has 0 aliphatic heterocycles. The summed E-state index contributed by atoms with van der Waals surface area (Å²) in [6.45, 7) is 5.16. The fraction of sp³-hybridized carbons (Fsp3) is 0.300. The van der Waals surface area contributed by atoms with Crippen molar-refractivity contribution >= 4 is 10.9 Å². The van der Waals surface area contributed by atoms with E-state index in [1.54, 1.807) is 0 Å². The zero-order valence-electron chi connectivity index (χ0n) is 7.41. The summed E-state index contributed by atoms with van der Waals surface area (Å²) in [6.07, 6.45) is 0. The van der Waals surface area contributed by atoms with Crippen molar-refractivity contribution in [3.8, 4) is 0 Å². The van der Waals surface area contributed by atoms with Gasteiger partial charge in [-0.2, -0.15) is 5.10 Å². The summed E-state index contributed by atoms with van der Waals surface area (Å²) < 4.78 is 2.03. The first-order valence-electron chi connectivity index (χ1n) is 4.25. The Kier molecular flexibility index (Phi) is 1.61. The van der Waals surface area contributed by atoms with Gasteiger partial charge in [0.2, 0.25) is 0 Å². The van der Waals surface area contributed by atoms with Crippen LogP contribution in [0.5, 0.6) is 0 Å². The third-order valence-electron chi connectivity index (χ3n) is 2.21. The zero-order valence-corrected chi connectivity index (χ0v) is 7.41. The lowest BCUT2D eigenvalue weighted by Gasteiger charge is -1.96. The highest BCUT2D eigenvalue weighted by Gasteiger charge is 2.03. The van der Waals surface area contributed by atoms with Crippen molar-refractivity contribution in [2.24, 2.45) is 0 Å². The van der Waals surface area contributed by atoms with Gasteiger partial charge in [0, 0.05) is 17.6 Å². The Morgan fingerprint density at radius 1 is 1.33 bits per heavy atom. The average Bonchev–Trinajstić information content (AvgIpc) is 2.44. The molecule has 62 valence electrons. The van der Waals surface area contributed by atoms with Gasteiger partial charge in [-0.1, -0.05) is 18.2 Å². The number of hydrogen-bond donors (Lipinski definition) is 0. The van der Waals surface area contributed by atoms with Crippen molar-refractivity contribution in [3.05, 3.63) is 30.0 Å². The van der Waals surface area contributed by atoms with Gasteiger partial charge >= 0.3 is 0 Å². The smallest absolute Gasteiger partial charge is 0.0926 e. The average molecular weight is 160 g/mol. The van der Waals surface area contributed by atoms with E-state index in [9.17, 15) is 0 Å². The highest BCUT2D eigenvalue weighted by molar-refractivity contribution is 5.81. The second-order valence-electron chi connectivity index (χ2n) is 2.92. The molecule has 0 amide bonds. The number of benzene rings is 1. The molecule has 2 aromatic rings. The molecule has 0 aliphatic carbocycles. The van der Waals surface area contributed by atoms with Gasteiger partial charge in [0.1, 0.15) is 0 Å². The first-order valence-corrected chi connectivity index (χ1v) is 4.25. The van der Waals surface area contributed by atoms with Crippen molar-refractivity contribution in [1.29, 1.82) is 0 Å². The minimum atomic E-state index is 0.945. The van der Waals surface area contributed by atoms with Gasteiger partial charge in [-0.3, -0.25) is 4.68 Å². The molecular weight excluding hydrogens is 148 g/mol. The number of aryl methyl sites for hydroxylation is 2. The summed E-state index contributed by atoms with van der Waals surface area (Å²) in [5.41, 5.74) is 2.35. The van der Waals surface area contributed by atoms with Crippen LogP contribution in [0.2, 0.25) is 0 Å². The first-order chi connectivity index (χ1) is 5.83. The van der Waals surface area contributed by atoms with Crippen LogP contribution in [0, 0.1) is 6.92 Å². The van der Waals surface area contributed by atoms with E-state index in [1.807, 2.05) is 10.7 Å². The van der Waals surface area contributed by atoms with Crippen LogP contribution in [-0.4, -0.2) is 9.78 Å². The molecule has 0 spiro atoms. The molecule has 0 saturated heterocycles. The molecule has 0 bridgehead atoms. The van der Waals surface area contributed by atoms with E-state index in [0.29, 0.717) is 0 Å². The summed E-state index contributed by atoms with van der Waals surface area (Å²) in [5.74, 6) is 0. The quantitative estimate of drug-likeness (QED) is 0.626. The van der Waals surface area contributed by atoms with Crippen LogP contribution < -0.4 is 0 Å². The number of aromatic nitrogens is 2. The molecule has 0 atom stereocenters. The van der Waals surface area contributed by atoms with Gasteiger partial charge in [0.15, 0.2) is 0 Å². The molecule has 1 aromatic heterocycles. The van der Waals surface area contributed by atoms with Crippen LogP contribution in [0.3, 0.4) is 0 Å². The highest BCUT2D eigenvalue weighted by Crippen LogP contribution is 2.16. The van der Waals surface area contributed by atoms with Crippen LogP contribution in [0.25, 0.3) is 10.9 Å². The van der Waals surface area contributed by atoms with Gasteiger partial charge in [-0.15, -0.1) is 0 Å². The van der Waals surface area contributed by atoms with Crippen molar-refractivity contribution in [3.63, 3.8) is 0 Å². The van der Waals surface area contributed by atoms with E-state index >= 15 is 0 Å². The Labute approximate surface area is 71.8 Å². The van der Waals surface area contributed by atoms with Gasteiger partial charge in [0.05, 0.1) is 5.52 Å². The van der Waals surface area contributed by atoms with Crippen LogP contribution in [0.4, 0.5) is 0 Å². The van der Waals surface area contributed by atoms with Crippen LogP contribution in [0.15, 0.2) is 24.3 Å². The van der Waals surface area contributed by atoms with Crippen LogP contribution in [0.1, 0.15) is 12.6 Å². The maximum Gasteiger partial charge on any atom is 0.0926 e. The molecule has 1 heterocycles. The second-order valence-corrected chi connectivity index (χ2v) is 2.92. The maximum atomic E-state index is 4.45. The lowest BCUT2D eigenvalue weighted by atomic mass is 10.2. The summed E-state index contributed by atoms with van der Waals surface area (Å²) >= 11 is 0. The third kappa shape index (κ3) is 0.916. The third-order valence-corrected chi connectivity index (χ3v) is 2.21. The van der Waals surface area contributed by atoms with Crippen LogP contribution in [-0.2, 0) is 6.54 Å². The fourth-order valence-electron chi connectivity index (χ4n) is 1.52. The molecule has 2 nitrogen and oxygen atoms in total. The summed E-state index contributed by atoms with van der Waals surface area (Å²) in [4.78, 5) is 0. The van der Waals surface area contributed by atoms with Gasteiger partial charge in [-0.05, 0) is 19.9 Å². The molecule has 0 N–H and O–H groups in total. The molecule has 1 aromatic carbocycles. The van der Waals surface area contributed by atoms with Crippen molar-refractivity contribution in [2.45, 2.75) is 20.4 Å². The minimum Gasteiger partial charge on any atom is -0.269 e. The Balaban J connectivity index is 2.78. The monoisotopic (exact) mass is 160 g/mol. The Morgan fingerprint density at radius 3 is 2.75 bits per heavy atom. The molecule has 0 aliphatic rings. The molecule has 2 rings (SSSR count). The Morgan fingerprint density at radius 2 is 2.08 bits per heavy atom. The van der Waals surface area contributed by atoms with E-state index in [0.717, 1.165) is 12.1 Å². The SMILES string of the molecule is CCn1nc2ccccc2c1C. The molecule has 0 fully saturated rings. The fourth-order valence-corrected chi connectivity index (χ4v) is 1.52. The zero-order chi connectivity index (χ0) is 8.55. The summed E-state index contributed by atoms with van der Waals surface area (Å²) in [5, 5.41) is 5.71. The Bertz CT molecular complexity index is 401. The van der Waals surface area contributed by atoms with Gasteiger partial charge in [-0.25, -0.2) is 0 Å². The van der Waals surface area contributed by atoms with E-state index in [1.165, 1.54) is 11.1 Å². The Hall–Kier alpha value is -1.31. The number of rotatable bonds is 1. The van der Waals surface area contributed by atoms with Crippen molar-refractivity contribution < 1.29 is 0 Å². The van der Waals surface area contributed by atoms with E-state index in [2.05, 4.69) is 37.1 Å². The lowest BCUT2D eigenvalue weighted by Crippen LogP contribution is -1.97. The van der Waals surface area contributed by atoms with E-state index in [4.69, 9.17) is 0 Å². The standard InChI is InChI=1S/C10H12N2/c1-3-12-8(2)9-6-4-5-7-10(9)11-12/h4-7H,3H2,1-2H3. The molecule has 12 heavy (non-hydrogen) atoms. The molecular formula is C10H12N2. The second kappa shape index (κ2) is 2.63.